The molecular formula is C22H25ClN2O4. The number of carbonyl (C=O) groups excluding carboxylic acids is 1. The number of carboxylic acid groups (broad SMARTS) is 1. The van der Waals surface area contributed by atoms with Crippen LogP contribution in [0.5, 0.6) is 0 Å². The van der Waals surface area contributed by atoms with Crippen LogP contribution in [0.1, 0.15) is 40.0 Å². The Morgan fingerprint density at radius 3 is 2.34 bits per heavy atom. The monoisotopic (exact) mass is 416 g/mol. The zero-order valence-electron chi connectivity index (χ0n) is 16.9. The first-order chi connectivity index (χ1) is 13.8. The molecule has 2 aromatic carbocycles. The van der Waals surface area contributed by atoms with Gasteiger partial charge in [0.2, 0.25) is 0 Å². The molecule has 3 N–H and O–H groups in total. The molecular weight excluding hydrogens is 392 g/mol. The van der Waals surface area contributed by atoms with Crippen molar-refractivity contribution in [3.05, 3.63) is 69.9 Å². The largest absolute Gasteiger partial charge is 0.481 e. The van der Waals surface area contributed by atoms with Crippen molar-refractivity contribution in [2.75, 3.05) is 7.11 Å². The maximum absolute atomic E-state index is 12.6. The third-order valence-electron chi connectivity index (χ3n) is 4.79. The van der Waals surface area contributed by atoms with Gasteiger partial charge in [-0.2, -0.15) is 0 Å². The molecule has 0 aliphatic carbocycles. The van der Waals surface area contributed by atoms with Gasteiger partial charge in [0.05, 0.1) is 16.5 Å². The molecule has 7 heteroatoms. The highest BCUT2D eigenvalue weighted by molar-refractivity contribution is 6.35. The summed E-state index contributed by atoms with van der Waals surface area (Å²) in [6, 6.07) is 12.9. The van der Waals surface area contributed by atoms with E-state index in [9.17, 15) is 9.59 Å². The van der Waals surface area contributed by atoms with E-state index in [4.69, 9.17) is 21.8 Å². The maximum Gasteiger partial charge on any atom is 0.310 e. The smallest absolute Gasteiger partial charge is 0.310 e. The summed E-state index contributed by atoms with van der Waals surface area (Å²) in [6.45, 7) is 3.97. The van der Waals surface area contributed by atoms with E-state index >= 15 is 0 Å². The summed E-state index contributed by atoms with van der Waals surface area (Å²) in [7, 11) is 2.84. The average Bonchev–Trinajstić information content (AvgIpc) is 3.04. The van der Waals surface area contributed by atoms with Crippen molar-refractivity contribution in [3.63, 3.8) is 0 Å². The molecule has 0 radical (unpaired) electrons. The standard InChI is InChI=1S/C21H21ClN2O3.CH4O/c1-12-8-17(22)16-10-19(24(3)18(16)9-12)20(25)23-11-14-4-6-15(7-5-14)13(2)21(26)27;1-2/h4-10,13H,11H2,1-3H3,(H,23,25)(H,26,27);2H,1H3. The van der Waals surface area contributed by atoms with Gasteiger partial charge in [-0.15, -0.1) is 0 Å². The molecule has 6 nitrogen and oxygen atoms in total. The van der Waals surface area contributed by atoms with Gasteiger partial charge in [-0.05, 0) is 48.7 Å². The molecule has 0 aliphatic rings. The lowest BCUT2D eigenvalue weighted by Gasteiger charge is -2.09. The number of aliphatic carboxylic acids is 1. The maximum atomic E-state index is 12.6. The molecule has 1 atom stereocenters. The lowest BCUT2D eigenvalue weighted by atomic mass is 10.00. The van der Waals surface area contributed by atoms with E-state index in [1.165, 1.54) is 0 Å². The Kier molecular flexibility index (Phi) is 7.42. The number of aryl methyl sites for hydroxylation is 2. The van der Waals surface area contributed by atoms with Crippen LogP contribution in [0, 0.1) is 6.92 Å². The fourth-order valence-corrected chi connectivity index (χ4v) is 3.40. The van der Waals surface area contributed by atoms with E-state index in [0.29, 0.717) is 17.3 Å². The zero-order valence-corrected chi connectivity index (χ0v) is 17.6. The van der Waals surface area contributed by atoms with Crippen LogP contribution in [-0.4, -0.2) is 33.8 Å². The normalized spacial score (nSPS) is 11.5. The van der Waals surface area contributed by atoms with Crippen LogP contribution in [0.25, 0.3) is 10.9 Å². The molecule has 1 unspecified atom stereocenters. The van der Waals surface area contributed by atoms with Crippen LogP contribution in [-0.2, 0) is 18.4 Å². The van der Waals surface area contributed by atoms with Crippen molar-refractivity contribution in [2.24, 2.45) is 7.05 Å². The van der Waals surface area contributed by atoms with Gasteiger partial charge in [-0.3, -0.25) is 9.59 Å². The van der Waals surface area contributed by atoms with Crippen molar-refractivity contribution in [2.45, 2.75) is 26.3 Å². The van der Waals surface area contributed by atoms with Gasteiger partial charge in [0.1, 0.15) is 5.69 Å². The first-order valence-corrected chi connectivity index (χ1v) is 9.46. The second-order valence-electron chi connectivity index (χ2n) is 6.75. The van der Waals surface area contributed by atoms with Crippen molar-refractivity contribution >= 4 is 34.4 Å². The highest BCUT2D eigenvalue weighted by Gasteiger charge is 2.16. The van der Waals surface area contributed by atoms with E-state index in [0.717, 1.165) is 34.7 Å². The topological polar surface area (TPSA) is 91.6 Å². The van der Waals surface area contributed by atoms with Crippen molar-refractivity contribution in [1.82, 2.24) is 9.88 Å². The molecule has 1 heterocycles. The van der Waals surface area contributed by atoms with Gasteiger partial charge in [0.25, 0.3) is 5.91 Å². The molecule has 0 bridgehead atoms. The Morgan fingerprint density at radius 2 is 1.76 bits per heavy atom. The average molecular weight is 417 g/mol. The van der Waals surface area contributed by atoms with E-state index < -0.39 is 11.9 Å². The van der Waals surface area contributed by atoms with E-state index in [1.54, 1.807) is 25.1 Å². The first kappa shape index (κ1) is 22.5. The summed E-state index contributed by atoms with van der Waals surface area (Å²) < 4.78 is 1.83. The molecule has 0 spiro atoms. The second kappa shape index (κ2) is 9.58. The SMILES string of the molecule is CO.Cc1cc(Cl)c2cc(C(=O)NCc3ccc(C(C)C(=O)O)cc3)n(C)c2c1. The predicted octanol–water partition coefficient (Wildman–Crippen LogP) is 3.87. The third-order valence-corrected chi connectivity index (χ3v) is 5.10. The number of fused-ring (bicyclic) bond motifs is 1. The summed E-state index contributed by atoms with van der Waals surface area (Å²) in [5.74, 6) is -1.61. The van der Waals surface area contributed by atoms with Gasteiger partial charge in [-0.25, -0.2) is 0 Å². The number of hydrogen-bond acceptors (Lipinski definition) is 3. The molecule has 29 heavy (non-hydrogen) atoms. The molecule has 0 saturated carbocycles. The summed E-state index contributed by atoms with van der Waals surface area (Å²) in [4.78, 5) is 23.7. The number of aliphatic hydroxyl groups is 1. The van der Waals surface area contributed by atoms with E-state index in [2.05, 4.69) is 5.32 Å². The Balaban J connectivity index is 0.00000145. The fraction of sp³-hybridized carbons (Fsp3) is 0.273. The first-order valence-electron chi connectivity index (χ1n) is 9.08. The Bertz CT molecular complexity index is 1030. The highest BCUT2D eigenvalue weighted by Crippen LogP contribution is 2.28. The summed E-state index contributed by atoms with van der Waals surface area (Å²) in [5.41, 5.74) is 4.12. The van der Waals surface area contributed by atoms with Crippen LogP contribution in [0.2, 0.25) is 5.02 Å². The lowest BCUT2D eigenvalue weighted by molar-refractivity contribution is -0.138. The number of nitrogens with zero attached hydrogens (tertiary/aromatic N) is 1. The molecule has 154 valence electrons. The second-order valence-corrected chi connectivity index (χ2v) is 7.16. The van der Waals surface area contributed by atoms with Gasteiger partial charge in [-0.1, -0.05) is 35.9 Å². The fourth-order valence-electron chi connectivity index (χ4n) is 3.08. The number of benzene rings is 2. The number of halogens is 1. The van der Waals surface area contributed by atoms with Gasteiger partial charge < -0.3 is 20.1 Å². The predicted molar refractivity (Wildman–Crippen MR) is 114 cm³/mol. The Hall–Kier alpha value is -2.83. The number of rotatable bonds is 5. The number of amides is 1. The van der Waals surface area contributed by atoms with Gasteiger partial charge >= 0.3 is 5.97 Å². The van der Waals surface area contributed by atoms with Gasteiger partial charge in [0.15, 0.2) is 0 Å². The minimum atomic E-state index is -0.860. The molecule has 3 rings (SSSR count). The summed E-state index contributed by atoms with van der Waals surface area (Å²) in [5, 5.41) is 20.4. The zero-order chi connectivity index (χ0) is 21.7. The number of hydrogen-bond donors (Lipinski definition) is 3. The van der Waals surface area contributed by atoms with Gasteiger partial charge in [0, 0.05) is 26.1 Å². The molecule has 1 aromatic heterocycles. The number of carboxylic acids is 1. The summed E-state index contributed by atoms with van der Waals surface area (Å²) >= 11 is 6.30. The molecule has 3 aromatic rings. The number of carbonyl (C=O) groups is 2. The third kappa shape index (κ3) is 4.96. The molecule has 0 fully saturated rings. The summed E-state index contributed by atoms with van der Waals surface area (Å²) in [6.07, 6.45) is 0. The van der Waals surface area contributed by atoms with Crippen LogP contribution in [0.4, 0.5) is 0 Å². The van der Waals surface area contributed by atoms with Crippen LogP contribution < -0.4 is 5.32 Å². The molecule has 0 saturated heterocycles. The minimum absolute atomic E-state index is 0.189. The quantitative estimate of drug-likeness (QED) is 0.588. The molecule has 0 aliphatic heterocycles. The number of nitrogens with one attached hydrogen (secondary N) is 1. The number of aliphatic hydroxyl groups excluding tert-OH is 1. The Labute approximate surface area is 174 Å². The van der Waals surface area contributed by atoms with E-state index in [1.807, 2.05) is 42.8 Å². The van der Waals surface area contributed by atoms with Crippen LogP contribution >= 0.6 is 11.6 Å². The van der Waals surface area contributed by atoms with Crippen molar-refractivity contribution in [3.8, 4) is 0 Å². The minimum Gasteiger partial charge on any atom is -0.481 e. The highest BCUT2D eigenvalue weighted by atomic mass is 35.5. The van der Waals surface area contributed by atoms with Crippen molar-refractivity contribution < 1.29 is 19.8 Å². The van der Waals surface area contributed by atoms with Crippen LogP contribution in [0.15, 0.2) is 42.5 Å². The number of aromatic nitrogens is 1. The lowest BCUT2D eigenvalue weighted by Crippen LogP contribution is -2.24. The van der Waals surface area contributed by atoms with Crippen molar-refractivity contribution in [1.29, 1.82) is 0 Å². The van der Waals surface area contributed by atoms with Crippen LogP contribution in [0.3, 0.4) is 0 Å². The van der Waals surface area contributed by atoms with E-state index in [-0.39, 0.29) is 5.91 Å². The Morgan fingerprint density at radius 1 is 1.14 bits per heavy atom. The molecule has 1 amide bonds.